The quantitative estimate of drug-likeness (QED) is 0.197. The molecule has 0 N–H and O–H groups in total. The zero-order valence-corrected chi connectivity index (χ0v) is 27.7. The summed E-state index contributed by atoms with van der Waals surface area (Å²) >= 11 is 0. The second-order valence-electron chi connectivity index (χ2n) is 14.5. The van der Waals surface area contributed by atoms with E-state index >= 15 is 0 Å². The smallest absolute Gasteiger partial charge is 0.164 e. The van der Waals surface area contributed by atoms with Crippen molar-refractivity contribution < 1.29 is 0 Å². The van der Waals surface area contributed by atoms with Gasteiger partial charge in [0, 0.05) is 33.2 Å². The Bertz CT molecular complexity index is 2540. The molecule has 4 nitrogen and oxygen atoms in total. The molecule has 2 heterocycles. The zero-order valence-electron chi connectivity index (χ0n) is 27.7. The predicted molar refractivity (Wildman–Crippen MR) is 199 cm³/mol. The molecule has 4 heteroatoms. The van der Waals surface area contributed by atoms with Gasteiger partial charge >= 0.3 is 0 Å². The Morgan fingerprint density at radius 1 is 0.458 bits per heavy atom. The first-order valence-electron chi connectivity index (χ1n) is 16.7. The van der Waals surface area contributed by atoms with E-state index in [9.17, 15) is 0 Å². The Hall–Kier alpha value is -5.61. The highest BCUT2D eigenvalue weighted by Crippen LogP contribution is 2.50. The summed E-state index contributed by atoms with van der Waals surface area (Å²) in [6.45, 7) is 9.41. The lowest BCUT2D eigenvalue weighted by atomic mass is 9.82. The maximum Gasteiger partial charge on any atom is 0.164 e. The van der Waals surface area contributed by atoms with Crippen molar-refractivity contribution in [3.63, 3.8) is 0 Å². The lowest BCUT2D eigenvalue weighted by Crippen LogP contribution is -2.17. The van der Waals surface area contributed by atoms with Gasteiger partial charge in [-0.25, -0.2) is 15.0 Å². The summed E-state index contributed by atoms with van der Waals surface area (Å²) in [4.78, 5) is 15.5. The molecule has 0 aliphatic heterocycles. The van der Waals surface area contributed by atoms with Crippen molar-refractivity contribution in [1.82, 2.24) is 19.5 Å². The van der Waals surface area contributed by atoms with Crippen LogP contribution in [0, 0.1) is 0 Å². The molecular weight excluding hydrogens is 585 g/mol. The van der Waals surface area contributed by atoms with Gasteiger partial charge < -0.3 is 4.57 Å². The van der Waals surface area contributed by atoms with Crippen molar-refractivity contribution in [3.05, 3.63) is 145 Å². The van der Waals surface area contributed by atoms with Crippen molar-refractivity contribution in [1.29, 1.82) is 0 Å². The second kappa shape index (κ2) is 10.4. The molecule has 0 bridgehead atoms. The van der Waals surface area contributed by atoms with Gasteiger partial charge in [0.1, 0.15) is 0 Å². The van der Waals surface area contributed by atoms with Gasteiger partial charge in [0.15, 0.2) is 17.5 Å². The molecule has 232 valence electrons. The first-order valence-corrected chi connectivity index (χ1v) is 16.7. The van der Waals surface area contributed by atoms with Crippen molar-refractivity contribution >= 4 is 32.6 Å². The summed E-state index contributed by atoms with van der Waals surface area (Å²) < 4.78 is 2.33. The molecule has 0 saturated heterocycles. The maximum atomic E-state index is 5.19. The standard InChI is InChI=1S/C44H36N4/c1-43(2)27-44(3,4)37-26-32(20-22-36(37)43)42-46-40(30-19-18-28-12-8-9-13-29(28)24-30)45-41(47-42)31-21-23-39-35(25-31)34-16-10-11-17-38(34)48(39)33-14-6-5-7-15-33/h5-26H,27H2,1-4H3. The molecule has 0 unspecified atom stereocenters. The SMILES string of the molecule is CC1(C)CC(C)(C)c2cc(-c3nc(-c4ccc5ccccc5c4)nc(-c4ccc5c(c4)c4ccccc4n5-c4ccccc4)n3)ccc21. The van der Waals surface area contributed by atoms with Crippen LogP contribution in [0.4, 0.5) is 0 Å². The van der Waals surface area contributed by atoms with Gasteiger partial charge in [0.2, 0.25) is 0 Å². The summed E-state index contributed by atoms with van der Waals surface area (Å²) in [5.74, 6) is 2.03. The number of fused-ring (bicyclic) bond motifs is 5. The van der Waals surface area contributed by atoms with Crippen LogP contribution in [0.2, 0.25) is 0 Å². The van der Waals surface area contributed by atoms with E-state index in [2.05, 4.69) is 166 Å². The highest BCUT2D eigenvalue weighted by atomic mass is 15.0. The molecule has 8 aromatic rings. The van der Waals surface area contributed by atoms with Crippen LogP contribution in [0.1, 0.15) is 45.2 Å². The number of benzene rings is 6. The lowest BCUT2D eigenvalue weighted by Gasteiger charge is -2.22. The van der Waals surface area contributed by atoms with Crippen LogP contribution in [-0.2, 0) is 10.8 Å². The average molecular weight is 621 g/mol. The fourth-order valence-electron chi connectivity index (χ4n) is 8.19. The monoisotopic (exact) mass is 620 g/mol. The van der Waals surface area contributed by atoms with Crippen molar-refractivity contribution in [3.8, 4) is 39.9 Å². The van der Waals surface area contributed by atoms with E-state index in [1.165, 1.54) is 32.8 Å². The van der Waals surface area contributed by atoms with Crippen molar-refractivity contribution in [2.45, 2.75) is 44.9 Å². The Morgan fingerprint density at radius 2 is 1.02 bits per heavy atom. The molecule has 0 radical (unpaired) electrons. The van der Waals surface area contributed by atoms with E-state index in [4.69, 9.17) is 15.0 Å². The molecule has 2 aromatic heterocycles. The molecule has 0 spiro atoms. The summed E-state index contributed by atoms with van der Waals surface area (Å²) in [5, 5.41) is 4.73. The number of hydrogen-bond donors (Lipinski definition) is 0. The van der Waals surface area contributed by atoms with Crippen LogP contribution in [-0.4, -0.2) is 19.5 Å². The molecule has 0 fully saturated rings. The number of para-hydroxylation sites is 2. The minimum absolute atomic E-state index is 0.0733. The Kier molecular flexibility index (Phi) is 6.23. The minimum Gasteiger partial charge on any atom is -0.309 e. The average Bonchev–Trinajstić information content (AvgIpc) is 3.54. The Balaban J connectivity index is 1.26. The van der Waals surface area contributed by atoms with Gasteiger partial charge in [-0.3, -0.25) is 0 Å². The van der Waals surface area contributed by atoms with E-state index in [1.54, 1.807) is 0 Å². The van der Waals surface area contributed by atoms with Gasteiger partial charge in [-0.2, -0.15) is 0 Å². The molecule has 0 atom stereocenters. The third-order valence-corrected chi connectivity index (χ3v) is 10.2. The summed E-state index contributed by atoms with van der Waals surface area (Å²) in [6, 6.07) is 47.5. The fourth-order valence-corrected chi connectivity index (χ4v) is 8.19. The van der Waals surface area contributed by atoms with Gasteiger partial charge in [-0.1, -0.05) is 113 Å². The third-order valence-electron chi connectivity index (χ3n) is 10.2. The van der Waals surface area contributed by atoms with E-state index in [1.807, 2.05) is 0 Å². The van der Waals surface area contributed by atoms with Crippen LogP contribution in [0.3, 0.4) is 0 Å². The molecule has 1 aliphatic carbocycles. The van der Waals surface area contributed by atoms with Gasteiger partial charge in [-0.15, -0.1) is 0 Å². The van der Waals surface area contributed by atoms with E-state index < -0.39 is 0 Å². The Morgan fingerprint density at radius 3 is 1.79 bits per heavy atom. The molecule has 9 rings (SSSR count). The molecule has 0 amide bonds. The first-order chi connectivity index (χ1) is 23.2. The highest BCUT2D eigenvalue weighted by Gasteiger charge is 2.41. The molecule has 48 heavy (non-hydrogen) atoms. The van der Waals surface area contributed by atoms with E-state index in [0.29, 0.717) is 17.5 Å². The molecular formula is C44H36N4. The topological polar surface area (TPSA) is 43.6 Å². The van der Waals surface area contributed by atoms with Gasteiger partial charge in [-0.05, 0) is 87.7 Å². The van der Waals surface area contributed by atoms with Crippen LogP contribution in [0.5, 0.6) is 0 Å². The minimum atomic E-state index is 0.0733. The van der Waals surface area contributed by atoms with E-state index in [-0.39, 0.29) is 10.8 Å². The first kappa shape index (κ1) is 28.6. The lowest BCUT2D eigenvalue weighted by molar-refractivity contribution is 0.403. The molecule has 0 saturated carbocycles. The molecule has 6 aromatic carbocycles. The van der Waals surface area contributed by atoms with Gasteiger partial charge in [0.05, 0.1) is 11.0 Å². The number of nitrogens with zero attached hydrogens (tertiary/aromatic N) is 4. The van der Waals surface area contributed by atoms with Crippen molar-refractivity contribution in [2.75, 3.05) is 0 Å². The van der Waals surface area contributed by atoms with E-state index in [0.717, 1.165) is 39.7 Å². The maximum absolute atomic E-state index is 5.19. The van der Waals surface area contributed by atoms with Crippen molar-refractivity contribution in [2.24, 2.45) is 0 Å². The largest absolute Gasteiger partial charge is 0.309 e. The third kappa shape index (κ3) is 4.55. The van der Waals surface area contributed by atoms with Crippen LogP contribution in [0.15, 0.2) is 133 Å². The second-order valence-corrected chi connectivity index (χ2v) is 14.5. The predicted octanol–water partition coefficient (Wildman–Crippen LogP) is 11.1. The van der Waals surface area contributed by atoms with Crippen LogP contribution in [0.25, 0.3) is 72.4 Å². The van der Waals surface area contributed by atoms with Crippen LogP contribution < -0.4 is 0 Å². The zero-order chi connectivity index (χ0) is 32.6. The molecule has 1 aliphatic rings. The summed E-state index contributed by atoms with van der Waals surface area (Å²) in [6.07, 6.45) is 1.11. The summed E-state index contributed by atoms with van der Waals surface area (Å²) in [7, 11) is 0. The van der Waals surface area contributed by atoms with Gasteiger partial charge in [0.25, 0.3) is 0 Å². The number of rotatable bonds is 4. The summed E-state index contributed by atoms with van der Waals surface area (Å²) in [5.41, 5.74) is 9.43. The number of aromatic nitrogens is 4. The highest BCUT2D eigenvalue weighted by molar-refractivity contribution is 6.10. The van der Waals surface area contributed by atoms with Crippen LogP contribution >= 0.6 is 0 Å². The Labute approximate surface area is 280 Å². The fraction of sp³-hybridized carbons (Fsp3) is 0.159. The number of hydrogen-bond acceptors (Lipinski definition) is 3. The normalized spacial score (nSPS) is 14.9.